The highest BCUT2D eigenvalue weighted by Gasteiger charge is 2.18. The van der Waals surface area contributed by atoms with E-state index in [1.54, 1.807) is 30.3 Å². The van der Waals surface area contributed by atoms with Crippen molar-refractivity contribution in [3.63, 3.8) is 0 Å². The maximum absolute atomic E-state index is 14.4. The van der Waals surface area contributed by atoms with Crippen molar-refractivity contribution in [3.05, 3.63) is 88.7 Å². The molecule has 3 aromatic carbocycles. The van der Waals surface area contributed by atoms with E-state index in [4.69, 9.17) is 5.11 Å². The number of rotatable bonds is 6. The van der Waals surface area contributed by atoms with Crippen molar-refractivity contribution in [2.45, 2.75) is 4.90 Å². The fourth-order valence-electron chi connectivity index (χ4n) is 3.29. The van der Waals surface area contributed by atoms with Gasteiger partial charge in [-0.05, 0) is 30.3 Å². The quantitative estimate of drug-likeness (QED) is 0.464. The average Bonchev–Trinajstić information content (AvgIpc) is 2.79. The smallest absolute Gasteiger partial charge is 0.279 e. The molecular formula is C22H17F2N3O4S. The van der Waals surface area contributed by atoms with Gasteiger partial charge in [0.05, 0.1) is 22.6 Å². The minimum atomic E-state index is -3.90. The van der Waals surface area contributed by atoms with Crippen molar-refractivity contribution in [1.29, 1.82) is 0 Å². The van der Waals surface area contributed by atoms with Crippen LogP contribution in [0.25, 0.3) is 27.7 Å². The highest BCUT2D eigenvalue weighted by molar-refractivity contribution is 7.89. The van der Waals surface area contributed by atoms with Gasteiger partial charge in [0.15, 0.2) is 5.82 Å². The van der Waals surface area contributed by atoms with Crippen LogP contribution < -0.4 is 10.3 Å². The fourth-order valence-corrected chi connectivity index (χ4v) is 4.36. The number of benzene rings is 3. The summed E-state index contributed by atoms with van der Waals surface area (Å²) in [4.78, 5) is 12.9. The molecule has 10 heteroatoms. The van der Waals surface area contributed by atoms with Crippen LogP contribution in [0.15, 0.2) is 76.4 Å². The van der Waals surface area contributed by atoms with Gasteiger partial charge < -0.3 is 5.11 Å². The molecule has 0 aliphatic heterocycles. The van der Waals surface area contributed by atoms with Crippen molar-refractivity contribution >= 4 is 20.8 Å². The van der Waals surface area contributed by atoms with Crippen LogP contribution in [0.4, 0.5) is 8.78 Å². The van der Waals surface area contributed by atoms with Gasteiger partial charge in [0.25, 0.3) is 5.56 Å². The van der Waals surface area contributed by atoms with E-state index in [9.17, 15) is 22.0 Å². The fraction of sp³-hybridized carbons (Fsp3) is 0.0909. The van der Waals surface area contributed by atoms with Crippen LogP contribution in [0.5, 0.6) is 0 Å². The van der Waals surface area contributed by atoms with Gasteiger partial charge >= 0.3 is 0 Å². The molecule has 32 heavy (non-hydrogen) atoms. The first kappa shape index (κ1) is 21.8. The molecule has 4 aromatic rings. The molecule has 0 fully saturated rings. The molecule has 1 aromatic heterocycles. The second-order valence-electron chi connectivity index (χ2n) is 6.86. The number of nitrogens with zero attached hydrogens (tertiary/aromatic N) is 2. The van der Waals surface area contributed by atoms with Crippen molar-refractivity contribution in [1.82, 2.24) is 14.5 Å². The van der Waals surface area contributed by atoms with Gasteiger partial charge in [-0.3, -0.25) is 4.79 Å². The Kier molecular flexibility index (Phi) is 5.83. The van der Waals surface area contributed by atoms with Gasteiger partial charge in [-0.15, -0.1) is 0 Å². The predicted octanol–water partition coefficient (Wildman–Crippen LogP) is 2.60. The summed E-state index contributed by atoms with van der Waals surface area (Å²) in [7, 11) is -3.90. The van der Waals surface area contributed by atoms with E-state index in [1.165, 1.54) is 18.2 Å². The first-order valence-electron chi connectivity index (χ1n) is 9.50. The number of aromatic nitrogens is 2. The Morgan fingerprint density at radius 2 is 1.72 bits per heavy atom. The van der Waals surface area contributed by atoms with Crippen LogP contribution >= 0.6 is 0 Å². The first-order valence-corrected chi connectivity index (χ1v) is 11.0. The molecule has 0 aliphatic carbocycles. The molecule has 0 atom stereocenters. The van der Waals surface area contributed by atoms with Crippen molar-refractivity contribution < 1.29 is 22.3 Å². The Hall–Kier alpha value is -3.47. The Morgan fingerprint density at radius 3 is 2.44 bits per heavy atom. The first-order chi connectivity index (χ1) is 15.3. The molecule has 0 bridgehead atoms. The number of hydrogen-bond donors (Lipinski definition) is 2. The highest BCUT2D eigenvalue weighted by atomic mass is 32.2. The van der Waals surface area contributed by atoms with Gasteiger partial charge in [-0.1, -0.05) is 30.3 Å². The molecular weight excluding hydrogens is 440 g/mol. The van der Waals surface area contributed by atoms with E-state index in [2.05, 4.69) is 9.82 Å². The van der Waals surface area contributed by atoms with Crippen LogP contribution in [0.3, 0.4) is 0 Å². The number of nitrogens with one attached hydrogen (secondary N) is 1. The number of hydrogen-bond acceptors (Lipinski definition) is 5. The summed E-state index contributed by atoms with van der Waals surface area (Å²) in [6, 6.07) is 15.2. The third-order valence-corrected chi connectivity index (χ3v) is 6.22. The lowest BCUT2D eigenvalue weighted by Gasteiger charge is -2.13. The SMILES string of the molecule is O=c1c2ccccc2c(-c2cccc(S(=O)(=O)NCCO)c2)nn1-c1ccc(F)cc1F. The molecule has 164 valence electrons. The minimum Gasteiger partial charge on any atom is -0.395 e. The molecule has 0 unspecified atom stereocenters. The maximum Gasteiger partial charge on any atom is 0.279 e. The van der Waals surface area contributed by atoms with Crippen LogP contribution in [-0.4, -0.2) is 36.5 Å². The Balaban J connectivity index is 1.97. The van der Waals surface area contributed by atoms with E-state index in [1.807, 2.05) is 0 Å². The summed E-state index contributed by atoms with van der Waals surface area (Å²) in [6.45, 7) is -0.512. The minimum absolute atomic E-state index is 0.0694. The number of halogens is 2. The topological polar surface area (TPSA) is 101 Å². The molecule has 0 aliphatic rings. The normalized spacial score (nSPS) is 11.7. The van der Waals surface area contributed by atoms with Crippen LogP contribution in [-0.2, 0) is 10.0 Å². The summed E-state index contributed by atoms with van der Waals surface area (Å²) in [5, 5.41) is 13.9. The molecule has 2 N–H and O–H groups in total. The summed E-state index contributed by atoms with van der Waals surface area (Å²) in [5.41, 5.74) is -0.243. The molecule has 0 radical (unpaired) electrons. The number of aliphatic hydroxyl groups excluding tert-OH is 1. The van der Waals surface area contributed by atoms with E-state index in [0.717, 1.165) is 16.8 Å². The maximum atomic E-state index is 14.4. The van der Waals surface area contributed by atoms with Gasteiger partial charge in [0.1, 0.15) is 11.5 Å². The average molecular weight is 457 g/mol. The summed E-state index contributed by atoms with van der Waals surface area (Å²) in [5.74, 6) is -1.76. The molecule has 1 heterocycles. The van der Waals surface area contributed by atoms with Crippen LogP contribution in [0, 0.1) is 11.6 Å². The van der Waals surface area contributed by atoms with Gasteiger partial charge in [-0.2, -0.15) is 9.78 Å². The predicted molar refractivity (Wildman–Crippen MR) is 115 cm³/mol. The lowest BCUT2D eigenvalue weighted by Crippen LogP contribution is -2.26. The molecule has 0 saturated heterocycles. The van der Waals surface area contributed by atoms with Gasteiger partial charge in [0.2, 0.25) is 10.0 Å². The van der Waals surface area contributed by atoms with E-state index in [-0.39, 0.29) is 34.8 Å². The Labute approximate surface area is 181 Å². The van der Waals surface area contributed by atoms with E-state index in [0.29, 0.717) is 17.0 Å². The third-order valence-electron chi connectivity index (χ3n) is 4.76. The number of sulfonamides is 1. The summed E-state index contributed by atoms with van der Waals surface area (Å²) < 4.78 is 55.9. The molecule has 4 rings (SSSR count). The van der Waals surface area contributed by atoms with Crippen molar-refractivity contribution in [2.24, 2.45) is 0 Å². The summed E-state index contributed by atoms with van der Waals surface area (Å²) >= 11 is 0. The third kappa shape index (κ3) is 4.03. The monoisotopic (exact) mass is 457 g/mol. The Morgan fingerprint density at radius 1 is 0.969 bits per heavy atom. The second-order valence-corrected chi connectivity index (χ2v) is 8.62. The lowest BCUT2D eigenvalue weighted by molar-refractivity contribution is 0.301. The lowest BCUT2D eigenvalue weighted by atomic mass is 10.1. The van der Waals surface area contributed by atoms with Gasteiger partial charge in [0, 0.05) is 23.6 Å². The van der Waals surface area contributed by atoms with E-state index >= 15 is 0 Å². The van der Waals surface area contributed by atoms with Gasteiger partial charge in [-0.25, -0.2) is 21.9 Å². The van der Waals surface area contributed by atoms with Crippen molar-refractivity contribution in [3.8, 4) is 16.9 Å². The van der Waals surface area contributed by atoms with E-state index < -0.39 is 27.2 Å². The van der Waals surface area contributed by atoms with Crippen LogP contribution in [0.2, 0.25) is 0 Å². The Bertz CT molecular complexity index is 1490. The molecule has 7 nitrogen and oxygen atoms in total. The second kappa shape index (κ2) is 8.58. The molecule has 0 spiro atoms. The van der Waals surface area contributed by atoms with Crippen molar-refractivity contribution in [2.75, 3.05) is 13.2 Å². The number of fused-ring (bicyclic) bond motifs is 1. The largest absolute Gasteiger partial charge is 0.395 e. The molecule has 0 amide bonds. The zero-order valence-electron chi connectivity index (χ0n) is 16.5. The standard InChI is InChI=1S/C22H17F2N3O4S/c23-15-8-9-20(19(24)13-15)27-22(29)18-7-2-1-6-17(18)21(26-27)14-4-3-5-16(12-14)32(30,31)25-10-11-28/h1-9,12-13,25,28H,10-11H2. The zero-order valence-corrected chi connectivity index (χ0v) is 17.3. The summed E-state index contributed by atoms with van der Waals surface area (Å²) in [6.07, 6.45) is 0. The highest BCUT2D eigenvalue weighted by Crippen LogP contribution is 2.27. The number of aliphatic hydroxyl groups is 1. The van der Waals surface area contributed by atoms with Crippen LogP contribution in [0.1, 0.15) is 0 Å². The molecule has 0 saturated carbocycles. The zero-order chi connectivity index (χ0) is 22.9.